The third-order valence-corrected chi connectivity index (χ3v) is 5.06. The average molecular weight is 381 g/mol. The number of amides is 1. The molecule has 1 unspecified atom stereocenters. The van der Waals surface area contributed by atoms with Crippen LogP contribution in [-0.2, 0) is 0 Å². The third kappa shape index (κ3) is 3.40. The van der Waals surface area contributed by atoms with Gasteiger partial charge in [0.25, 0.3) is 5.91 Å². The van der Waals surface area contributed by atoms with Crippen LogP contribution in [0.3, 0.4) is 0 Å². The summed E-state index contributed by atoms with van der Waals surface area (Å²) in [5, 5.41) is 8.26. The molecule has 3 heterocycles. The van der Waals surface area contributed by atoms with Gasteiger partial charge in [-0.25, -0.2) is 0 Å². The highest BCUT2D eigenvalue weighted by Crippen LogP contribution is 2.34. The molecule has 28 heavy (non-hydrogen) atoms. The molecule has 1 atom stereocenters. The fraction of sp³-hybridized carbons (Fsp3) is 0.381. The van der Waals surface area contributed by atoms with Crippen molar-refractivity contribution >= 4 is 5.91 Å². The van der Waals surface area contributed by atoms with E-state index in [9.17, 15) is 4.79 Å². The summed E-state index contributed by atoms with van der Waals surface area (Å²) >= 11 is 0. The van der Waals surface area contributed by atoms with E-state index in [1.807, 2.05) is 30.3 Å². The highest BCUT2D eigenvalue weighted by atomic mass is 16.5. The molecule has 0 N–H and O–H groups in total. The van der Waals surface area contributed by atoms with Crippen molar-refractivity contribution in [3.8, 4) is 17.0 Å². The van der Waals surface area contributed by atoms with Crippen LogP contribution >= 0.6 is 0 Å². The van der Waals surface area contributed by atoms with Crippen molar-refractivity contribution in [3.63, 3.8) is 0 Å². The van der Waals surface area contributed by atoms with E-state index in [0.717, 1.165) is 35.6 Å². The number of aromatic nitrogens is 2. The largest absolute Gasteiger partial charge is 0.497 e. The lowest BCUT2D eigenvalue weighted by molar-refractivity contribution is 0.0688. The number of hydrogen-bond donors (Lipinski definition) is 0. The number of rotatable bonds is 5. The molecular weight excluding hydrogens is 358 g/mol. The Hall–Kier alpha value is -3.09. The Morgan fingerprint density at radius 2 is 2.07 bits per heavy atom. The molecule has 1 aromatic carbocycles. The van der Waals surface area contributed by atoms with E-state index in [-0.39, 0.29) is 23.6 Å². The van der Waals surface area contributed by atoms with Crippen LogP contribution < -0.4 is 4.74 Å². The van der Waals surface area contributed by atoms with Crippen molar-refractivity contribution in [2.45, 2.75) is 38.6 Å². The molecule has 1 saturated heterocycles. The molecule has 7 nitrogen and oxygen atoms in total. The molecule has 2 aromatic heterocycles. The number of likely N-dealkylation sites (tertiary alicyclic amines) is 1. The number of ether oxygens (including phenoxy) is 1. The minimum atomic E-state index is -0.182. The monoisotopic (exact) mass is 381 g/mol. The van der Waals surface area contributed by atoms with Crippen LogP contribution in [0.2, 0.25) is 0 Å². The second-order valence-corrected chi connectivity index (χ2v) is 7.27. The number of carbonyl (C=O) groups is 1. The molecule has 1 aliphatic rings. The van der Waals surface area contributed by atoms with E-state index in [1.54, 1.807) is 18.1 Å². The molecule has 0 spiro atoms. The standard InChI is InChI=1S/C21H23N3O4/c1-13(2)19-12-17(23-27-19)18-8-5-9-24(18)21(25)20-11-16(22-28-20)14-6-4-7-15(10-14)26-3/h4,6-7,10-13,18H,5,8-9H2,1-3H3. The predicted molar refractivity (Wildman–Crippen MR) is 102 cm³/mol. The third-order valence-electron chi connectivity index (χ3n) is 5.06. The van der Waals surface area contributed by atoms with Gasteiger partial charge in [0.1, 0.15) is 22.9 Å². The summed E-state index contributed by atoms with van der Waals surface area (Å²) in [6, 6.07) is 11.0. The number of hydrogen-bond acceptors (Lipinski definition) is 6. The molecular formula is C21H23N3O4. The fourth-order valence-electron chi connectivity index (χ4n) is 3.49. The zero-order valence-corrected chi connectivity index (χ0v) is 16.2. The molecule has 1 amide bonds. The molecule has 146 valence electrons. The molecule has 7 heteroatoms. The topological polar surface area (TPSA) is 81.6 Å². The lowest BCUT2D eigenvalue weighted by atomic mass is 10.1. The second-order valence-electron chi connectivity index (χ2n) is 7.27. The smallest absolute Gasteiger partial charge is 0.293 e. The first-order valence-corrected chi connectivity index (χ1v) is 9.45. The van der Waals surface area contributed by atoms with Crippen LogP contribution in [0.1, 0.15) is 60.7 Å². The highest BCUT2D eigenvalue weighted by Gasteiger charge is 2.34. The number of carbonyl (C=O) groups excluding carboxylic acids is 1. The molecule has 1 aliphatic heterocycles. The fourth-order valence-corrected chi connectivity index (χ4v) is 3.49. The van der Waals surface area contributed by atoms with Gasteiger partial charge in [-0.15, -0.1) is 0 Å². The van der Waals surface area contributed by atoms with Crippen molar-refractivity contribution in [3.05, 3.63) is 53.6 Å². The Kier molecular flexibility index (Phi) is 4.90. The Morgan fingerprint density at radius 3 is 2.82 bits per heavy atom. The van der Waals surface area contributed by atoms with E-state index in [4.69, 9.17) is 13.8 Å². The van der Waals surface area contributed by atoms with Crippen LogP contribution in [0.5, 0.6) is 5.75 Å². The SMILES string of the molecule is COc1cccc(-c2cc(C(=O)N3CCCC3c3cc(C(C)C)on3)on2)c1. The van der Waals surface area contributed by atoms with Crippen LogP contribution in [0.25, 0.3) is 11.3 Å². The van der Waals surface area contributed by atoms with Crippen molar-refractivity contribution < 1.29 is 18.6 Å². The van der Waals surface area contributed by atoms with Gasteiger partial charge in [-0.3, -0.25) is 4.79 Å². The van der Waals surface area contributed by atoms with Gasteiger partial charge in [-0.05, 0) is 25.0 Å². The molecule has 0 saturated carbocycles. The minimum absolute atomic E-state index is 0.103. The Balaban J connectivity index is 1.56. The molecule has 3 aromatic rings. The highest BCUT2D eigenvalue weighted by molar-refractivity contribution is 5.93. The van der Waals surface area contributed by atoms with Gasteiger partial charge < -0.3 is 18.7 Å². The first kappa shape index (κ1) is 18.3. The van der Waals surface area contributed by atoms with Gasteiger partial charge in [-0.1, -0.05) is 36.3 Å². The number of benzene rings is 1. The molecule has 0 radical (unpaired) electrons. The van der Waals surface area contributed by atoms with E-state index < -0.39 is 0 Å². The van der Waals surface area contributed by atoms with Crippen LogP contribution in [0.4, 0.5) is 0 Å². The Labute approximate surface area is 163 Å². The predicted octanol–water partition coefficient (Wildman–Crippen LogP) is 4.44. The summed E-state index contributed by atoms with van der Waals surface area (Å²) in [6.07, 6.45) is 1.77. The Morgan fingerprint density at radius 1 is 1.21 bits per heavy atom. The molecule has 4 rings (SSSR count). The maximum absolute atomic E-state index is 13.0. The molecule has 0 aliphatic carbocycles. The van der Waals surface area contributed by atoms with Crippen molar-refractivity contribution in [1.29, 1.82) is 0 Å². The number of methoxy groups -OCH3 is 1. The minimum Gasteiger partial charge on any atom is -0.497 e. The summed E-state index contributed by atoms with van der Waals surface area (Å²) in [5.74, 6) is 1.84. The van der Waals surface area contributed by atoms with E-state index in [2.05, 4.69) is 24.2 Å². The molecule has 0 bridgehead atoms. The normalized spacial score (nSPS) is 16.7. The van der Waals surface area contributed by atoms with E-state index in [1.165, 1.54) is 0 Å². The van der Waals surface area contributed by atoms with Gasteiger partial charge >= 0.3 is 0 Å². The van der Waals surface area contributed by atoms with Gasteiger partial charge in [0, 0.05) is 30.2 Å². The van der Waals surface area contributed by atoms with Gasteiger partial charge in [0.2, 0.25) is 5.76 Å². The van der Waals surface area contributed by atoms with Gasteiger partial charge in [0.15, 0.2) is 0 Å². The summed E-state index contributed by atoms with van der Waals surface area (Å²) in [6.45, 7) is 4.76. The lowest BCUT2D eigenvalue weighted by Crippen LogP contribution is -2.30. The van der Waals surface area contributed by atoms with Crippen LogP contribution in [-0.4, -0.2) is 34.8 Å². The second kappa shape index (κ2) is 7.50. The average Bonchev–Trinajstić information content (AvgIpc) is 3.47. The van der Waals surface area contributed by atoms with Crippen molar-refractivity contribution in [2.75, 3.05) is 13.7 Å². The quantitative estimate of drug-likeness (QED) is 0.650. The zero-order valence-electron chi connectivity index (χ0n) is 16.2. The summed E-state index contributed by atoms with van der Waals surface area (Å²) in [5.41, 5.74) is 2.22. The summed E-state index contributed by atoms with van der Waals surface area (Å²) in [7, 11) is 1.61. The molecule has 1 fully saturated rings. The van der Waals surface area contributed by atoms with Crippen molar-refractivity contribution in [2.24, 2.45) is 0 Å². The van der Waals surface area contributed by atoms with Crippen LogP contribution in [0, 0.1) is 0 Å². The zero-order chi connectivity index (χ0) is 19.7. The Bertz CT molecular complexity index is 975. The van der Waals surface area contributed by atoms with Crippen molar-refractivity contribution in [1.82, 2.24) is 15.2 Å². The lowest BCUT2D eigenvalue weighted by Gasteiger charge is -2.21. The van der Waals surface area contributed by atoms with E-state index in [0.29, 0.717) is 12.2 Å². The first-order valence-electron chi connectivity index (χ1n) is 9.45. The van der Waals surface area contributed by atoms with Gasteiger partial charge in [0.05, 0.1) is 13.2 Å². The summed E-state index contributed by atoms with van der Waals surface area (Å²) in [4.78, 5) is 14.8. The van der Waals surface area contributed by atoms with Crippen LogP contribution in [0.15, 0.2) is 45.4 Å². The number of nitrogens with zero attached hydrogens (tertiary/aromatic N) is 3. The maximum Gasteiger partial charge on any atom is 0.293 e. The summed E-state index contributed by atoms with van der Waals surface area (Å²) < 4.78 is 16.0. The maximum atomic E-state index is 13.0. The first-order chi connectivity index (χ1) is 13.6. The van der Waals surface area contributed by atoms with E-state index >= 15 is 0 Å². The van der Waals surface area contributed by atoms with Gasteiger partial charge in [-0.2, -0.15) is 0 Å².